The van der Waals surface area contributed by atoms with Crippen molar-refractivity contribution < 1.29 is 14.3 Å². The molecule has 17 heavy (non-hydrogen) atoms. The first-order valence-corrected chi connectivity index (χ1v) is 5.48. The van der Waals surface area contributed by atoms with Crippen molar-refractivity contribution in [3.05, 3.63) is 18.2 Å². The average Bonchev–Trinajstić information content (AvgIpc) is 2.32. The lowest BCUT2D eigenvalue weighted by Crippen LogP contribution is -2.19. The second-order valence-corrected chi connectivity index (χ2v) is 3.55. The van der Waals surface area contributed by atoms with E-state index in [0.29, 0.717) is 23.7 Å². The van der Waals surface area contributed by atoms with E-state index < -0.39 is 0 Å². The summed E-state index contributed by atoms with van der Waals surface area (Å²) < 4.78 is 10.2. The number of rotatable bonds is 6. The lowest BCUT2D eigenvalue weighted by Gasteiger charge is -2.10. The highest BCUT2D eigenvalue weighted by molar-refractivity contribution is 5.94. The second-order valence-electron chi connectivity index (χ2n) is 3.55. The highest BCUT2D eigenvalue weighted by Crippen LogP contribution is 2.24. The summed E-state index contributed by atoms with van der Waals surface area (Å²) in [6, 6.07) is 5.09. The van der Waals surface area contributed by atoms with Crippen LogP contribution >= 0.6 is 0 Å². The molecule has 0 spiro atoms. The van der Waals surface area contributed by atoms with Crippen LogP contribution in [0.1, 0.15) is 13.3 Å². The predicted molar refractivity (Wildman–Crippen MR) is 67.1 cm³/mol. The van der Waals surface area contributed by atoms with Gasteiger partial charge in [-0.25, -0.2) is 0 Å². The predicted octanol–water partition coefficient (Wildman–Crippen LogP) is 1.64. The Labute approximate surface area is 101 Å². The van der Waals surface area contributed by atoms with Gasteiger partial charge in [0.15, 0.2) is 0 Å². The summed E-state index contributed by atoms with van der Waals surface area (Å²) in [5, 5.41) is 2.67. The number of nitrogen functional groups attached to an aromatic ring is 1. The lowest BCUT2D eigenvalue weighted by molar-refractivity contribution is -0.120. The van der Waals surface area contributed by atoms with E-state index in [1.165, 1.54) is 0 Å². The Balaban J connectivity index is 2.57. The van der Waals surface area contributed by atoms with Crippen molar-refractivity contribution in [3.63, 3.8) is 0 Å². The highest BCUT2D eigenvalue weighted by Gasteiger charge is 2.06. The number of methoxy groups -OCH3 is 1. The monoisotopic (exact) mass is 238 g/mol. The highest BCUT2D eigenvalue weighted by atomic mass is 16.5. The number of ether oxygens (including phenoxy) is 2. The summed E-state index contributed by atoms with van der Waals surface area (Å²) in [7, 11) is 1.56. The van der Waals surface area contributed by atoms with Crippen LogP contribution in [0.2, 0.25) is 0 Å². The van der Waals surface area contributed by atoms with Crippen LogP contribution in [-0.2, 0) is 9.53 Å². The van der Waals surface area contributed by atoms with Gasteiger partial charge in [0.1, 0.15) is 12.4 Å². The van der Waals surface area contributed by atoms with Gasteiger partial charge in [-0.15, -0.1) is 0 Å². The van der Waals surface area contributed by atoms with E-state index in [-0.39, 0.29) is 12.5 Å². The molecule has 0 fully saturated rings. The van der Waals surface area contributed by atoms with E-state index in [2.05, 4.69) is 5.32 Å². The molecule has 0 heterocycles. The summed E-state index contributed by atoms with van der Waals surface area (Å²) in [5.74, 6) is 0.419. The van der Waals surface area contributed by atoms with Crippen molar-refractivity contribution in [2.45, 2.75) is 13.3 Å². The van der Waals surface area contributed by atoms with Crippen molar-refractivity contribution in [1.29, 1.82) is 0 Å². The molecule has 0 unspecified atom stereocenters. The van der Waals surface area contributed by atoms with Crippen LogP contribution in [0.5, 0.6) is 5.75 Å². The van der Waals surface area contributed by atoms with Gasteiger partial charge in [-0.1, -0.05) is 6.92 Å². The number of hydrogen-bond acceptors (Lipinski definition) is 4. The Morgan fingerprint density at radius 2 is 2.24 bits per heavy atom. The van der Waals surface area contributed by atoms with E-state index >= 15 is 0 Å². The third kappa shape index (κ3) is 4.32. The first kappa shape index (κ1) is 13.3. The second kappa shape index (κ2) is 6.75. The van der Waals surface area contributed by atoms with Gasteiger partial charge < -0.3 is 20.5 Å². The fraction of sp³-hybridized carbons (Fsp3) is 0.417. The third-order valence-electron chi connectivity index (χ3n) is 2.12. The van der Waals surface area contributed by atoms with Crippen LogP contribution in [0.3, 0.4) is 0 Å². The van der Waals surface area contributed by atoms with Crippen molar-refractivity contribution in [2.75, 3.05) is 31.4 Å². The van der Waals surface area contributed by atoms with Gasteiger partial charge in [-0.05, 0) is 18.6 Å². The minimum atomic E-state index is -0.224. The molecule has 0 bridgehead atoms. The molecule has 0 saturated heterocycles. The van der Waals surface area contributed by atoms with Gasteiger partial charge in [-0.3, -0.25) is 4.79 Å². The Hall–Kier alpha value is -1.75. The lowest BCUT2D eigenvalue weighted by atomic mass is 10.2. The number of anilines is 2. The fourth-order valence-electron chi connectivity index (χ4n) is 1.27. The molecule has 3 N–H and O–H groups in total. The number of amides is 1. The summed E-state index contributed by atoms with van der Waals surface area (Å²) in [6.07, 6.45) is 0.884. The summed E-state index contributed by atoms with van der Waals surface area (Å²) in [5.41, 5.74) is 6.77. The molecule has 5 heteroatoms. The Morgan fingerprint density at radius 3 is 2.88 bits per heavy atom. The summed E-state index contributed by atoms with van der Waals surface area (Å²) >= 11 is 0. The largest absolute Gasteiger partial charge is 0.497 e. The van der Waals surface area contributed by atoms with Gasteiger partial charge in [0.05, 0.1) is 18.5 Å². The molecule has 1 aromatic rings. The number of carbonyl (C=O) groups is 1. The Morgan fingerprint density at radius 1 is 1.47 bits per heavy atom. The van der Waals surface area contributed by atoms with Crippen LogP contribution < -0.4 is 15.8 Å². The van der Waals surface area contributed by atoms with Crippen molar-refractivity contribution in [1.82, 2.24) is 0 Å². The van der Waals surface area contributed by atoms with E-state index in [1.54, 1.807) is 25.3 Å². The molecule has 0 aliphatic carbocycles. The molecule has 1 rings (SSSR count). The molecule has 0 aromatic heterocycles. The van der Waals surface area contributed by atoms with E-state index in [4.69, 9.17) is 15.2 Å². The molecule has 0 radical (unpaired) electrons. The SMILES string of the molecule is CCCOCC(=O)Nc1cc(OC)ccc1N. The first-order valence-electron chi connectivity index (χ1n) is 5.48. The molecule has 5 nitrogen and oxygen atoms in total. The molecule has 94 valence electrons. The summed E-state index contributed by atoms with van der Waals surface area (Å²) in [4.78, 5) is 11.5. The van der Waals surface area contributed by atoms with Crippen molar-refractivity contribution in [2.24, 2.45) is 0 Å². The molecule has 0 aliphatic rings. The first-order chi connectivity index (χ1) is 8.17. The van der Waals surface area contributed by atoms with Crippen LogP contribution in [0.15, 0.2) is 18.2 Å². The van der Waals surface area contributed by atoms with Crippen molar-refractivity contribution in [3.8, 4) is 5.75 Å². The molecule has 0 atom stereocenters. The Kier molecular flexibility index (Phi) is 5.29. The quantitative estimate of drug-likeness (QED) is 0.583. The standard InChI is InChI=1S/C12H18N2O3/c1-3-6-17-8-12(15)14-11-7-9(16-2)4-5-10(11)13/h4-5,7H,3,6,8,13H2,1-2H3,(H,14,15). The smallest absolute Gasteiger partial charge is 0.250 e. The maximum Gasteiger partial charge on any atom is 0.250 e. The summed E-state index contributed by atoms with van der Waals surface area (Å²) in [6.45, 7) is 2.59. The number of hydrogen-bond donors (Lipinski definition) is 2. The normalized spacial score (nSPS) is 10.0. The van der Waals surface area contributed by atoms with Gasteiger partial charge in [0.2, 0.25) is 5.91 Å². The molecule has 0 saturated carbocycles. The average molecular weight is 238 g/mol. The molecule has 1 aromatic carbocycles. The molecular weight excluding hydrogens is 220 g/mol. The minimum Gasteiger partial charge on any atom is -0.497 e. The number of nitrogens with one attached hydrogen (secondary N) is 1. The number of nitrogens with two attached hydrogens (primary N) is 1. The molecule has 0 aliphatic heterocycles. The topological polar surface area (TPSA) is 73.6 Å². The van der Waals surface area contributed by atoms with Crippen molar-refractivity contribution >= 4 is 17.3 Å². The van der Waals surface area contributed by atoms with E-state index in [0.717, 1.165) is 6.42 Å². The van der Waals surface area contributed by atoms with E-state index in [1.807, 2.05) is 6.92 Å². The molecule has 1 amide bonds. The zero-order chi connectivity index (χ0) is 12.7. The van der Waals surface area contributed by atoms with Crippen LogP contribution in [-0.4, -0.2) is 26.2 Å². The molecular formula is C12H18N2O3. The van der Waals surface area contributed by atoms with Gasteiger partial charge in [-0.2, -0.15) is 0 Å². The minimum absolute atomic E-state index is 0.0322. The maximum atomic E-state index is 11.5. The van der Waals surface area contributed by atoms with Gasteiger partial charge >= 0.3 is 0 Å². The Bertz CT molecular complexity index is 380. The number of benzene rings is 1. The fourth-order valence-corrected chi connectivity index (χ4v) is 1.27. The van der Waals surface area contributed by atoms with E-state index in [9.17, 15) is 4.79 Å². The van der Waals surface area contributed by atoms with Crippen LogP contribution in [0, 0.1) is 0 Å². The zero-order valence-corrected chi connectivity index (χ0v) is 10.2. The third-order valence-corrected chi connectivity index (χ3v) is 2.12. The maximum absolute atomic E-state index is 11.5. The van der Waals surface area contributed by atoms with Gasteiger partial charge in [0, 0.05) is 12.7 Å². The van der Waals surface area contributed by atoms with Gasteiger partial charge in [0.25, 0.3) is 0 Å². The van der Waals surface area contributed by atoms with Crippen LogP contribution in [0.4, 0.5) is 11.4 Å². The van der Waals surface area contributed by atoms with Crippen LogP contribution in [0.25, 0.3) is 0 Å². The number of carbonyl (C=O) groups excluding carboxylic acids is 1. The zero-order valence-electron chi connectivity index (χ0n) is 10.2.